The zero-order valence-corrected chi connectivity index (χ0v) is 10.2. The number of nitrogens with one attached hydrogen (secondary N) is 1. The Morgan fingerprint density at radius 1 is 1.59 bits per heavy atom. The molecular weight excluding hydrogens is 240 g/mol. The lowest BCUT2D eigenvalue weighted by Gasteiger charge is -2.20. The average molecular weight is 254 g/mol. The number of nitrogens with zero attached hydrogens (tertiary/aromatic N) is 1. The Labute approximate surface area is 103 Å². The number of amides is 2. The smallest absolute Gasteiger partial charge is 0.331 e. The van der Waals surface area contributed by atoms with E-state index >= 15 is 0 Å². The van der Waals surface area contributed by atoms with Crippen molar-refractivity contribution in [3.63, 3.8) is 0 Å². The molecular formula is C11H14N2O3S. The van der Waals surface area contributed by atoms with Crippen LogP contribution in [0.1, 0.15) is 23.8 Å². The zero-order chi connectivity index (χ0) is 12.4. The number of rotatable bonds is 4. The van der Waals surface area contributed by atoms with Crippen LogP contribution in [0.5, 0.6) is 0 Å². The maximum absolute atomic E-state index is 11.8. The van der Waals surface area contributed by atoms with Gasteiger partial charge in [0.15, 0.2) is 6.04 Å². The first-order chi connectivity index (χ1) is 8.09. The summed E-state index contributed by atoms with van der Waals surface area (Å²) in [6.45, 7) is 0. The summed E-state index contributed by atoms with van der Waals surface area (Å²) in [5.74, 6) is -1.04. The summed E-state index contributed by atoms with van der Waals surface area (Å²) in [4.78, 5) is 25.1. The largest absolute Gasteiger partial charge is 0.479 e. The number of carboxylic acids is 1. The molecule has 1 aromatic heterocycles. The number of hydrogen-bond donors (Lipinski definition) is 2. The van der Waals surface area contributed by atoms with Crippen LogP contribution >= 0.6 is 11.3 Å². The Bertz CT molecular complexity index is 414. The molecule has 1 atom stereocenters. The normalized spacial score (nSPS) is 16.3. The monoisotopic (exact) mass is 254 g/mol. The molecule has 2 rings (SSSR count). The van der Waals surface area contributed by atoms with Gasteiger partial charge in [0.25, 0.3) is 0 Å². The van der Waals surface area contributed by atoms with Crippen LogP contribution in [0.4, 0.5) is 4.79 Å². The van der Waals surface area contributed by atoms with E-state index < -0.39 is 12.0 Å². The van der Waals surface area contributed by atoms with Crippen molar-refractivity contribution < 1.29 is 14.7 Å². The van der Waals surface area contributed by atoms with Crippen molar-refractivity contribution in [2.45, 2.75) is 24.9 Å². The van der Waals surface area contributed by atoms with E-state index in [1.807, 2.05) is 0 Å². The van der Waals surface area contributed by atoms with Crippen LogP contribution in [0.3, 0.4) is 0 Å². The highest BCUT2D eigenvalue weighted by molar-refractivity contribution is 7.10. The van der Waals surface area contributed by atoms with Gasteiger partial charge < -0.3 is 15.3 Å². The molecule has 0 aliphatic heterocycles. The highest BCUT2D eigenvalue weighted by atomic mass is 32.1. The SMILES string of the molecule is CN(C(=O)NC(C(=O)O)c1cccs1)C1CC1. The van der Waals surface area contributed by atoms with E-state index in [1.54, 1.807) is 29.5 Å². The van der Waals surface area contributed by atoms with Crippen LogP contribution in [0.15, 0.2) is 17.5 Å². The fraction of sp³-hybridized carbons (Fsp3) is 0.455. The molecule has 0 aromatic carbocycles. The summed E-state index contributed by atoms with van der Waals surface area (Å²) < 4.78 is 0. The lowest BCUT2D eigenvalue weighted by Crippen LogP contribution is -2.42. The summed E-state index contributed by atoms with van der Waals surface area (Å²) >= 11 is 1.32. The molecule has 1 aliphatic rings. The van der Waals surface area contributed by atoms with Gasteiger partial charge in [-0.1, -0.05) is 6.07 Å². The number of carbonyl (C=O) groups excluding carboxylic acids is 1. The topological polar surface area (TPSA) is 69.6 Å². The van der Waals surface area contributed by atoms with E-state index in [0.717, 1.165) is 12.8 Å². The molecule has 1 heterocycles. The van der Waals surface area contributed by atoms with Crippen LogP contribution in [0.25, 0.3) is 0 Å². The van der Waals surface area contributed by atoms with Gasteiger partial charge in [-0.15, -0.1) is 11.3 Å². The van der Waals surface area contributed by atoms with Crippen molar-refractivity contribution in [2.24, 2.45) is 0 Å². The Morgan fingerprint density at radius 2 is 2.29 bits per heavy atom. The van der Waals surface area contributed by atoms with Crippen molar-refractivity contribution in [1.82, 2.24) is 10.2 Å². The van der Waals surface area contributed by atoms with Crippen LogP contribution in [0, 0.1) is 0 Å². The van der Waals surface area contributed by atoms with Gasteiger partial charge in [0.1, 0.15) is 0 Å². The molecule has 0 saturated heterocycles. The van der Waals surface area contributed by atoms with Gasteiger partial charge in [-0.25, -0.2) is 9.59 Å². The predicted octanol–water partition coefficient (Wildman–Crippen LogP) is 1.68. The molecule has 1 saturated carbocycles. The quantitative estimate of drug-likeness (QED) is 0.858. The maximum Gasteiger partial charge on any atom is 0.331 e. The van der Waals surface area contributed by atoms with Gasteiger partial charge in [0.05, 0.1) is 0 Å². The Hall–Kier alpha value is -1.56. The summed E-state index contributed by atoms with van der Waals surface area (Å²) in [7, 11) is 1.69. The minimum atomic E-state index is -1.04. The van der Waals surface area contributed by atoms with E-state index in [4.69, 9.17) is 5.11 Å². The van der Waals surface area contributed by atoms with Crippen molar-refractivity contribution in [3.8, 4) is 0 Å². The maximum atomic E-state index is 11.8. The number of aliphatic carboxylic acids is 1. The van der Waals surface area contributed by atoms with Gasteiger partial charge in [-0.2, -0.15) is 0 Å². The third-order valence-electron chi connectivity index (χ3n) is 2.76. The third kappa shape index (κ3) is 2.76. The standard InChI is InChI=1S/C11H14N2O3S/c1-13(7-4-5-7)11(16)12-9(10(14)15)8-3-2-6-17-8/h2-3,6-7,9H,4-5H2,1H3,(H,12,16)(H,14,15). The van der Waals surface area contributed by atoms with Crippen LogP contribution < -0.4 is 5.32 Å². The second-order valence-corrected chi connectivity index (χ2v) is 5.06. The molecule has 0 radical (unpaired) electrons. The molecule has 1 unspecified atom stereocenters. The van der Waals surface area contributed by atoms with Crippen LogP contribution in [-0.4, -0.2) is 35.1 Å². The molecule has 92 valence electrons. The van der Waals surface area contributed by atoms with Crippen molar-refractivity contribution in [3.05, 3.63) is 22.4 Å². The third-order valence-corrected chi connectivity index (χ3v) is 3.69. The molecule has 1 aromatic rings. The molecule has 5 nitrogen and oxygen atoms in total. The van der Waals surface area contributed by atoms with E-state index in [1.165, 1.54) is 11.3 Å². The van der Waals surface area contributed by atoms with E-state index in [2.05, 4.69) is 5.32 Å². The summed E-state index contributed by atoms with van der Waals surface area (Å²) in [5.41, 5.74) is 0. The molecule has 1 aliphatic carbocycles. The lowest BCUT2D eigenvalue weighted by atomic mass is 10.2. The molecule has 17 heavy (non-hydrogen) atoms. The van der Waals surface area contributed by atoms with E-state index in [-0.39, 0.29) is 12.1 Å². The van der Waals surface area contributed by atoms with Crippen LogP contribution in [0.2, 0.25) is 0 Å². The first-order valence-electron chi connectivity index (χ1n) is 5.39. The number of carbonyl (C=O) groups is 2. The number of thiophene rings is 1. The highest BCUT2D eigenvalue weighted by Gasteiger charge is 2.32. The van der Waals surface area contributed by atoms with Gasteiger partial charge in [0, 0.05) is 18.0 Å². The lowest BCUT2D eigenvalue weighted by molar-refractivity contribution is -0.139. The Kier molecular flexibility index (Phi) is 3.33. The summed E-state index contributed by atoms with van der Waals surface area (Å²) in [5, 5.41) is 13.4. The van der Waals surface area contributed by atoms with Gasteiger partial charge in [-0.3, -0.25) is 0 Å². The van der Waals surface area contributed by atoms with Crippen molar-refractivity contribution >= 4 is 23.3 Å². The van der Waals surface area contributed by atoms with Crippen molar-refractivity contribution in [1.29, 1.82) is 0 Å². The molecule has 0 spiro atoms. The first kappa shape index (κ1) is 11.9. The van der Waals surface area contributed by atoms with E-state index in [9.17, 15) is 9.59 Å². The van der Waals surface area contributed by atoms with Gasteiger partial charge in [-0.05, 0) is 24.3 Å². The summed E-state index contributed by atoms with van der Waals surface area (Å²) in [6, 6.07) is 2.47. The zero-order valence-electron chi connectivity index (χ0n) is 9.42. The summed E-state index contributed by atoms with van der Waals surface area (Å²) in [6.07, 6.45) is 2.00. The fourth-order valence-electron chi connectivity index (χ4n) is 1.56. The average Bonchev–Trinajstić information content (AvgIpc) is 3.00. The minimum Gasteiger partial charge on any atom is -0.479 e. The number of hydrogen-bond acceptors (Lipinski definition) is 3. The minimum absolute atomic E-state index is 0.271. The highest BCUT2D eigenvalue weighted by Crippen LogP contribution is 2.26. The molecule has 2 amide bonds. The molecule has 0 bridgehead atoms. The van der Waals surface area contributed by atoms with Crippen LogP contribution in [-0.2, 0) is 4.79 Å². The Balaban J connectivity index is 2.03. The molecule has 6 heteroatoms. The van der Waals surface area contributed by atoms with E-state index in [0.29, 0.717) is 4.88 Å². The van der Waals surface area contributed by atoms with Gasteiger partial charge in [0.2, 0.25) is 0 Å². The molecule has 2 N–H and O–H groups in total. The van der Waals surface area contributed by atoms with Crippen molar-refractivity contribution in [2.75, 3.05) is 7.05 Å². The first-order valence-corrected chi connectivity index (χ1v) is 6.27. The number of carboxylic acid groups (broad SMARTS) is 1. The van der Waals surface area contributed by atoms with Gasteiger partial charge >= 0.3 is 12.0 Å². The second-order valence-electron chi connectivity index (χ2n) is 4.08. The fourth-order valence-corrected chi connectivity index (χ4v) is 2.33. The number of urea groups is 1. The second kappa shape index (κ2) is 4.75. The predicted molar refractivity (Wildman–Crippen MR) is 64.0 cm³/mol. The Morgan fingerprint density at radius 3 is 2.76 bits per heavy atom. The molecule has 1 fully saturated rings.